The molecule has 2 aromatic rings. The summed E-state index contributed by atoms with van der Waals surface area (Å²) < 4.78 is 37.7. The molecule has 1 aromatic carbocycles. The van der Waals surface area contributed by atoms with Gasteiger partial charge in [-0.15, -0.1) is 0 Å². The highest BCUT2D eigenvalue weighted by Gasteiger charge is 2.31. The van der Waals surface area contributed by atoms with Crippen molar-refractivity contribution in [1.82, 2.24) is 4.98 Å². The molecule has 1 heterocycles. The second-order valence-corrected chi connectivity index (χ2v) is 3.80. The lowest BCUT2D eigenvalue weighted by atomic mass is 9.98. The summed E-state index contributed by atoms with van der Waals surface area (Å²) >= 11 is 0. The van der Waals surface area contributed by atoms with E-state index in [1.54, 1.807) is 0 Å². The first-order valence-corrected chi connectivity index (χ1v) is 5.24. The summed E-state index contributed by atoms with van der Waals surface area (Å²) in [6, 6.07) is 5.73. The van der Waals surface area contributed by atoms with E-state index in [0.717, 1.165) is 12.1 Å². The molecule has 0 radical (unpaired) electrons. The minimum Gasteiger partial charge on any atom is -0.478 e. The van der Waals surface area contributed by atoms with Crippen LogP contribution < -0.4 is 0 Å². The first kappa shape index (κ1) is 13.1. The maximum Gasteiger partial charge on any atom is 0.416 e. The van der Waals surface area contributed by atoms with Crippen molar-refractivity contribution in [3.63, 3.8) is 0 Å². The van der Waals surface area contributed by atoms with Crippen LogP contribution in [0.5, 0.6) is 0 Å². The van der Waals surface area contributed by atoms with Crippen LogP contribution in [-0.4, -0.2) is 16.1 Å². The lowest BCUT2D eigenvalue weighted by Crippen LogP contribution is -2.08. The standard InChI is InChI=1S/C13H8F3NO2/c14-13(15,16)9-1-2-10(11(7-9)12(18)19)8-3-5-17-6-4-8/h1-7H,(H,18,19). The molecule has 0 atom stereocenters. The maximum absolute atomic E-state index is 12.6. The summed E-state index contributed by atoms with van der Waals surface area (Å²) in [6.45, 7) is 0. The van der Waals surface area contributed by atoms with Gasteiger partial charge in [0.1, 0.15) is 0 Å². The number of halogens is 3. The number of hydrogen-bond acceptors (Lipinski definition) is 2. The highest BCUT2D eigenvalue weighted by atomic mass is 19.4. The first-order valence-electron chi connectivity index (χ1n) is 5.24. The summed E-state index contributed by atoms with van der Waals surface area (Å²) in [7, 11) is 0. The Bertz CT molecular complexity index is 609. The average molecular weight is 267 g/mol. The van der Waals surface area contributed by atoms with E-state index in [2.05, 4.69) is 4.98 Å². The summed E-state index contributed by atoms with van der Waals surface area (Å²) in [5.74, 6) is -1.40. The molecule has 1 N–H and O–H groups in total. The topological polar surface area (TPSA) is 50.2 Å². The van der Waals surface area contributed by atoms with Gasteiger partial charge >= 0.3 is 12.1 Å². The summed E-state index contributed by atoms with van der Waals surface area (Å²) in [6.07, 6.45) is -1.68. The van der Waals surface area contributed by atoms with Crippen LogP contribution in [0.1, 0.15) is 15.9 Å². The molecule has 2 rings (SSSR count). The molecule has 0 saturated heterocycles. The van der Waals surface area contributed by atoms with Gasteiger partial charge < -0.3 is 5.11 Å². The fraction of sp³-hybridized carbons (Fsp3) is 0.0769. The van der Waals surface area contributed by atoms with Crippen LogP contribution in [0.15, 0.2) is 42.7 Å². The molecule has 0 aliphatic heterocycles. The lowest BCUT2D eigenvalue weighted by Gasteiger charge is -2.11. The molecule has 98 valence electrons. The van der Waals surface area contributed by atoms with E-state index in [1.165, 1.54) is 24.5 Å². The van der Waals surface area contributed by atoms with Crippen LogP contribution >= 0.6 is 0 Å². The van der Waals surface area contributed by atoms with E-state index in [0.29, 0.717) is 11.6 Å². The van der Waals surface area contributed by atoms with Crippen molar-refractivity contribution >= 4 is 5.97 Å². The zero-order valence-corrected chi connectivity index (χ0v) is 9.48. The number of aromatic nitrogens is 1. The van der Waals surface area contributed by atoms with Gasteiger partial charge in [-0.05, 0) is 35.4 Å². The van der Waals surface area contributed by atoms with Gasteiger partial charge in [0.2, 0.25) is 0 Å². The molecule has 0 amide bonds. The van der Waals surface area contributed by atoms with Gasteiger partial charge in [0.05, 0.1) is 11.1 Å². The van der Waals surface area contributed by atoms with E-state index in [-0.39, 0.29) is 11.1 Å². The fourth-order valence-corrected chi connectivity index (χ4v) is 1.68. The van der Waals surface area contributed by atoms with Gasteiger partial charge in [-0.3, -0.25) is 4.98 Å². The van der Waals surface area contributed by atoms with E-state index in [1.807, 2.05) is 0 Å². The first-order chi connectivity index (χ1) is 8.89. The van der Waals surface area contributed by atoms with E-state index in [4.69, 9.17) is 5.11 Å². The second kappa shape index (κ2) is 4.72. The van der Waals surface area contributed by atoms with Crippen molar-refractivity contribution in [2.24, 2.45) is 0 Å². The number of rotatable bonds is 2. The van der Waals surface area contributed by atoms with Crippen molar-refractivity contribution in [2.75, 3.05) is 0 Å². The molecule has 1 aromatic heterocycles. The van der Waals surface area contributed by atoms with Crippen molar-refractivity contribution < 1.29 is 23.1 Å². The highest BCUT2D eigenvalue weighted by molar-refractivity contribution is 5.96. The number of carboxylic acids is 1. The van der Waals surface area contributed by atoms with E-state index >= 15 is 0 Å². The van der Waals surface area contributed by atoms with Crippen molar-refractivity contribution in [3.05, 3.63) is 53.9 Å². The molecule has 0 aliphatic rings. The Morgan fingerprint density at radius 2 is 1.74 bits per heavy atom. The molecule has 6 heteroatoms. The largest absolute Gasteiger partial charge is 0.478 e. The Morgan fingerprint density at radius 1 is 1.11 bits per heavy atom. The number of carboxylic acid groups (broad SMARTS) is 1. The van der Waals surface area contributed by atoms with Gasteiger partial charge in [-0.25, -0.2) is 4.79 Å². The normalized spacial score (nSPS) is 11.3. The monoisotopic (exact) mass is 267 g/mol. The Labute approximate surface area is 106 Å². The molecule has 0 unspecified atom stereocenters. The van der Waals surface area contributed by atoms with Crippen LogP contribution in [0.4, 0.5) is 13.2 Å². The Morgan fingerprint density at radius 3 is 2.26 bits per heavy atom. The van der Waals surface area contributed by atoms with Crippen LogP contribution in [0, 0.1) is 0 Å². The Hall–Kier alpha value is -2.37. The summed E-state index contributed by atoms with van der Waals surface area (Å²) in [5.41, 5.74) is -0.646. The van der Waals surface area contributed by atoms with E-state index < -0.39 is 17.7 Å². The molecule has 0 saturated carbocycles. The number of pyridine rings is 1. The summed E-state index contributed by atoms with van der Waals surface area (Å²) in [5, 5.41) is 9.03. The van der Waals surface area contributed by atoms with Gasteiger partial charge in [0, 0.05) is 12.4 Å². The molecule has 3 nitrogen and oxygen atoms in total. The summed E-state index contributed by atoms with van der Waals surface area (Å²) in [4.78, 5) is 14.9. The SMILES string of the molecule is O=C(O)c1cc(C(F)(F)F)ccc1-c1ccncc1. The molecule has 19 heavy (non-hydrogen) atoms. The van der Waals surface area contributed by atoms with Crippen LogP contribution in [0.3, 0.4) is 0 Å². The molecule has 0 bridgehead atoms. The van der Waals surface area contributed by atoms with Crippen molar-refractivity contribution in [1.29, 1.82) is 0 Å². The number of aromatic carboxylic acids is 1. The number of nitrogens with zero attached hydrogens (tertiary/aromatic N) is 1. The quantitative estimate of drug-likeness (QED) is 0.906. The van der Waals surface area contributed by atoms with Crippen LogP contribution in [0.2, 0.25) is 0 Å². The number of carbonyl (C=O) groups is 1. The van der Waals surface area contributed by atoms with Crippen molar-refractivity contribution in [3.8, 4) is 11.1 Å². The predicted octanol–water partition coefficient (Wildman–Crippen LogP) is 3.47. The minimum atomic E-state index is -4.57. The zero-order chi connectivity index (χ0) is 14.0. The lowest BCUT2D eigenvalue weighted by molar-refractivity contribution is -0.137. The van der Waals surface area contributed by atoms with Gasteiger partial charge in [0.25, 0.3) is 0 Å². The Balaban J connectivity index is 2.61. The van der Waals surface area contributed by atoms with Crippen LogP contribution in [0.25, 0.3) is 11.1 Å². The van der Waals surface area contributed by atoms with Crippen molar-refractivity contribution in [2.45, 2.75) is 6.18 Å². The Kier molecular flexibility index (Phi) is 3.25. The zero-order valence-electron chi connectivity index (χ0n) is 9.48. The van der Waals surface area contributed by atoms with E-state index in [9.17, 15) is 18.0 Å². The molecular formula is C13H8F3NO2. The minimum absolute atomic E-state index is 0.225. The second-order valence-electron chi connectivity index (χ2n) is 3.80. The molecule has 0 fully saturated rings. The predicted molar refractivity (Wildman–Crippen MR) is 61.6 cm³/mol. The van der Waals surface area contributed by atoms with Gasteiger partial charge in [0.15, 0.2) is 0 Å². The fourth-order valence-electron chi connectivity index (χ4n) is 1.68. The third kappa shape index (κ3) is 2.73. The van der Waals surface area contributed by atoms with Gasteiger partial charge in [-0.1, -0.05) is 6.07 Å². The van der Waals surface area contributed by atoms with Gasteiger partial charge in [-0.2, -0.15) is 13.2 Å². The van der Waals surface area contributed by atoms with Crippen LogP contribution in [-0.2, 0) is 6.18 Å². The number of hydrogen-bond donors (Lipinski definition) is 1. The third-order valence-corrected chi connectivity index (χ3v) is 2.57. The number of alkyl halides is 3. The molecule has 0 aliphatic carbocycles. The smallest absolute Gasteiger partial charge is 0.416 e. The highest BCUT2D eigenvalue weighted by Crippen LogP contribution is 2.33. The average Bonchev–Trinajstić information content (AvgIpc) is 2.38. The maximum atomic E-state index is 12.6. The number of benzene rings is 1. The molecule has 0 spiro atoms. The molecular weight excluding hydrogens is 259 g/mol. The third-order valence-electron chi connectivity index (χ3n) is 2.57.